The average molecular weight is 603 g/mol. The van der Waals surface area contributed by atoms with Crippen LogP contribution >= 0.6 is 0 Å². The van der Waals surface area contributed by atoms with Gasteiger partial charge in [-0.2, -0.15) is 5.06 Å². The van der Waals surface area contributed by atoms with Crippen molar-refractivity contribution in [3.05, 3.63) is 82.9 Å². The first-order valence-corrected chi connectivity index (χ1v) is 16.5. The summed E-state index contributed by atoms with van der Waals surface area (Å²) in [5, 5.41) is 15.4. The summed E-state index contributed by atoms with van der Waals surface area (Å²) in [6.45, 7) is 17.0. The smallest absolute Gasteiger partial charge is 0.240 e. The van der Waals surface area contributed by atoms with Gasteiger partial charge >= 0.3 is 0 Å². The lowest BCUT2D eigenvalue weighted by Gasteiger charge is -2.59. The molecule has 7 nitrogen and oxygen atoms in total. The molecule has 0 aromatic heterocycles. The minimum Gasteiger partial charge on any atom is -0.394 e. The quantitative estimate of drug-likeness (QED) is 0.309. The lowest BCUT2D eigenvalue weighted by atomic mass is 9.48. The molecule has 7 heteroatoms. The van der Waals surface area contributed by atoms with Gasteiger partial charge in [0.2, 0.25) is 5.91 Å². The fraction of sp³-hybridized carbons (Fsp3) is 0.595. The van der Waals surface area contributed by atoms with E-state index in [0.29, 0.717) is 23.8 Å². The number of fused-ring (bicyclic) bond motifs is 2. The third kappa shape index (κ3) is 7.29. The van der Waals surface area contributed by atoms with E-state index in [4.69, 9.17) is 4.84 Å². The maximum Gasteiger partial charge on any atom is 0.240 e. The fourth-order valence-corrected chi connectivity index (χ4v) is 7.81. The molecule has 4 fully saturated rings. The highest BCUT2D eigenvalue weighted by Gasteiger charge is 2.54. The first-order valence-electron chi connectivity index (χ1n) is 16.5. The predicted octanol–water partition coefficient (Wildman–Crippen LogP) is 5.17. The number of hydrogen-bond acceptors (Lipinski definition) is 6. The van der Waals surface area contributed by atoms with Crippen molar-refractivity contribution in [2.24, 2.45) is 23.2 Å². The van der Waals surface area contributed by atoms with Gasteiger partial charge in [0.15, 0.2) is 0 Å². The fourth-order valence-electron chi connectivity index (χ4n) is 7.81. The van der Waals surface area contributed by atoms with Crippen LogP contribution in [0.2, 0.25) is 0 Å². The van der Waals surface area contributed by atoms with Crippen molar-refractivity contribution in [3.8, 4) is 0 Å². The summed E-state index contributed by atoms with van der Waals surface area (Å²) < 4.78 is 0. The molecular formula is C37H54N4O3. The number of aryl methyl sites for hydroxylation is 1. The number of aliphatic hydroxyl groups is 1. The highest BCUT2D eigenvalue weighted by molar-refractivity contribution is 5.83. The van der Waals surface area contributed by atoms with Gasteiger partial charge in [-0.3, -0.25) is 14.5 Å². The van der Waals surface area contributed by atoms with Crippen molar-refractivity contribution in [3.63, 3.8) is 0 Å². The molecule has 5 atom stereocenters. The molecule has 2 bridgehead atoms. The predicted molar refractivity (Wildman–Crippen MR) is 176 cm³/mol. The second-order valence-electron chi connectivity index (χ2n) is 14.6. The van der Waals surface area contributed by atoms with Gasteiger partial charge in [0.05, 0.1) is 13.2 Å². The maximum atomic E-state index is 13.9. The van der Waals surface area contributed by atoms with Gasteiger partial charge in [-0.1, -0.05) is 74.5 Å². The number of amides is 1. The Balaban J connectivity index is 1.30. The summed E-state index contributed by atoms with van der Waals surface area (Å²) in [5.74, 6) is 1.07. The van der Waals surface area contributed by atoms with E-state index in [1.807, 2.05) is 6.92 Å². The van der Waals surface area contributed by atoms with Crippen LogP contribution in [0.1, 0.15) is 62.3 Å². The van der Waals surface area contributed by atoms with E-state index in [1.54, 1.807) is 5.06 Å². The van der Waals surface area contributed by atoms with Crippen LogP contribution in [0.15, 0.2) is 60.7 Å². The van der Waals surface area contributed by atoms with E-state index in [2.05, 4.69) is 105 Å². The number of hydrogen-bond donors (Lipinski definition) is 2. The molecule has 3 aliphatic carbocycles. The largest absolute Gasteiger partial charge is 0.394 e. The molecule has 1 saturated heterocycles. The Morgan fingerprint density at radius 3 is 2.39 bits per heavy atom. The number of benzene rings is 2. The molecule has 1 heterocycles. The Morgan fingerprint density at radius 1 is 1.05 bits per heavy atom. The third-order valence-electron chi connectivity index (χ3n) is 10.8. The van der Waals surface area contributed by atoms with Crippen LogP contribution in [0.25, 0.3) is 0 Å². The molecule has 0 radical (unpaired) electrons. The van der Waals surface area contributed by atoms with Crippen molar-refractivity contribution in [2.75, 3.05) is 33.8 Å². The van der Waals surface area contributed by atoms with E-state index in [1.165, 1.54) is 23.1 Å². The molecule has 1 amide bonds. The minimum absolute atomic E-state index is 0.0118. The van der Waals surface area contributed by atoms with Gasteiger partial charge < -0.3 is 15.3 Å². The Hall–Kier alpha value is -2.55. The second-order valence-corrected chi connectivity index (χ2v) is 14.6. The zero-order chi connectivity index (χ0) is 31.6. The molecule has 240 valence electrons. The molecule has 1 aliphatic heterocycles. The van der Waals surface area contributed by atoms with E-state index in [0.717, 1.165) is 50.2 Å². The number of nitrogens with zero attached hydrogens (tertiary/aromatic N) is 3. The van der Waals surface area contributed by atoms with Crippen molar-refractivity contribution < 1.29 is 14.7 Å². The van der Waals surface area contributed by atoms with Gasteiger partial charge in [-0.05, 0) is 86.7 Å². The van der Waals surface area contributed by atoms with Crippen LogP contribution in [-0.4, -0.2) is 77.9 Å². The van der Waals surface area contributed by atoms with Gasteiger partial charge in [-0.15, -0.1) is 0 Å². The molecule has 0 spiro atoms. The van der Waals surface area contributed by atoms with Crippen LogP contribution in [0.3, 0.4) is 0 Å². The van der Waals surface area contributed by atoms with E-state index in [-0.39, 0.29) is 24.5 Å². The first kappa shape index (κ1) is 32.8. The summed E-state index contributed by atoms with van der Waals surface area (Å²) in [6, 6.07) is 16.9. The van der Waals surface area contributed by atoms with Crippen molar-refractivity contribution in [1.29, 1.82) is 0 Å². The summed E-state index contributed by atoms with van der Waals surface area (Å²) in [5.41, 5.74) is 6.23. The third-order valence-corrected chi connectivity index (χ3v) is 10.8. The molecule has 3 saturated carbocycles. The zero-order valence-electron chi connectivity index (χ0n) is 27.8. The van der Waals surface area contributed by atoms with Gasteiger partial charge in [-0.25, -0.2) is 0 Å². The van der Waals surface area contributed by atoms with E-state index in [9.17, 15) is 9.90 Å². The van der Waals surface area contributed by atoms with Crippen LogP contribution < -0.4 is 5.32 Å². The molecule has 2 unspecified atom stereocenters. The number of rotatable bonds is 13. The van der Waals surface area contributed by atoms with E-state index >= 15 is 0 Å². The maximum absolute atomic E-state index is 13.9. The molecule has 2 aromatic rings. The molecule has 4 aliphatic rings. The lowest BCUT2D eigenvalue weighted by molar-refractivity contribution is -0.182. The molecule has 6 rings (SSSR count). The van der Waals surface area contributed by atoms with E-state index < -0.39 is 12.1 Å². The first-order chi connectivity index (χ1) is 21.0. The Morgan fingerprint density at radius 2 is 1.75 bits per heavy atom. The standard InChI is InChI=1S/C37H54N4O3/c1-25(2)34-33(24-42)44-41(35(34)36(43)38-32-19-30-18-31(20-32)37(30,4)5)22-28-13-10-12-27(17-28)21-40(16-15-39(6)7)23-29-14-9-8-11-26(29)3/h8-14,17,30-35,42H,1,15-16,18-24H2,2-7H3,(H,38,43)/t30?,31?,32?,33-,34+,35-/m0/s1. The molecule has 2 aromatic carbocycles. The number of nitrogens with one attached hydrogen (secondary N) is 1. The number of aliphatic hydroxyl groups excluding tert-OH is 1. The normalized spacial score (nSPS) is 27.8. The highest BCUT2D eigenvalue weighted by Crippen LogP contribution is 2.59. The SMILES string of the molecule is C=C(C)[C@@H]1[C@H](CO)ON(Cc2cccc(CN(CCN(C)C)Cc3ccccc3C)c2)[C@@H]1C(=O)NC1CC2CC(C1)C2(C)C. The number of hydroxylamine groups is 2. The summed E-state index contributed by atoms with van der Waals surface area (Å²) in [4.78, 5) is 25.0. The Kier molecular flexibility index (Phi) is 10.3. The summed E-state index contributed by atoms with van der Waals surface area (Å²) in [7, 11) is 4.23. The highest BCUT2D eigenvalue weighted by atomic mass is 16.7. The number of carbonyl (C=O) groups excluding carboxylic acids is 1. The zero-order valence-corrected chi connectivity index (χ0v) is 27.8. The molecular weight excluding hydrogens is 548 g/mol. The number of carbonyl (C=O) groups is 1. The van der Waals surface area contributed by atoms with Crippen molar-refractivity contribution >= 4 is 5.91 Å². The monoisotopic (exact) mass is 602 g/mol. The van der Waals surface area contributed by atoms with Crippen molar-refractivity contribution in [2.45, 2.75) is 84.8 Å². The molecule has 44 heavy (non-hydrogen) atoms. The second kappa shape index (κ2) is 13.8. The van der Waals surface area contributed by atoms with Crippen LogP contribution in [-0.2, 0) is 29.3 Å². The van der Waals surface area contributed by atoms with Crippen LogP contribution in [0.5, 0.6) is 0 Å². The minimum atomic E-state index is -0.530. The topological polar surface area (TPSA) is 68.3 Å². The Labute approximate surface area is 265 Å². The van der Waals surface area contributed by atoms with Crippen molar-refractivity contribution in [1.82, 2.24) is 20.2 Å². The van der Waals surface area contributed by atoms with Crippen LogP contribution in [0.4, 0.5) is 0 Å². The van der Waals surface area contributed by atoms with Gasteiger partial charge in [0.25, 0.3) is 0 Å². The van der Waals surface area contributed by atoms with Gasteiger partial charge in [0.1, 0.15) is 12.1 Å². The summed E-state index contributed by atoms with van der Waals surface area (Å²) >= 11 is 0. The average Bonchev–Trinajstić information content (AvgIpc) is 3.36. The number of likely N-dealkylation sites (N-methyl/N-ethyl adjacent to an activating group) is 1. The van der Waals surface area contributed by atoms with Gasteiger partial charge in [0, 0.05) is 38.1 Å². The Bertz CT molecular complexity index is 1300. The summed E-state index contributed by atoms with van der Waals surface area (Å²) in [6.07, 6.45) is 2.88. The van der Waals surface area contributed by atoms with Crippen LogP contribution in [0, 0.1) is 30.1 Å². The lowest BCUT2D eigenvalue weighted by Crippen LogP contribution is -2.58. The molecule has 2 N–H and O–H groups in total.